The minimum absolute atomic E-state index is 0.472. The summed E-state index contributed by atoms with van der Waals surface area (Å²) in [6, 6.07) is 8.46. The fraction of sp³-hybridized carbons (Fsp3) is 0.500. The van der Waals surface area contributed by atoms with Gasteiger partial charge in [-0.25, -0.2) is 0 Å². The fourth-order valence-corrected chi connectivity index (χ4v) is 2.03. The number of hydrogen-bond donors (Lipinski definition) is 0. The zero-order valence-electron chi connectivity index (χ0n) is 10.0. The normalized spacial score (nSPS) is 12.5. The summed E-state index contributed by atoms with van der Waals surface area (Å²) in [7, 11) is 0. The lowest BCUT2D eigenvalue weighted by Gasteiger charge is -2.16. The lowest BCUT2D eigenvalue weighted by atomic mass is 9.88. The molecular weight excluding hydrogens is 182 g/mol. The largest absolute Gasteiger partial charge is 0.192 e. The van der Waals surface area contributed by atoms with Crippen LogP contribution in [0.1, 0.15) is 49.8 Å². The average molecular weight is 201 g/mol. The van der Waals surface area contributed by atoms with Gasteiger partial charge in [-0.1, -0.05) is 32.9 Å². The van der Waals surface area contributed by atoms with Crippen LogP contribution in [-0.2, 0) is 0 Å². The molecule has 0 bridgehead atoms. The second-order valence-corrected chi connectivity index (χ2v) is 4.73. The van der Waals surface area contributed by atoms with Gasteiger partial charge in [-0.05, 0) is 42.4 Å². The van der Waals surface area contributed by atoms with E-state index < -0.39 is 0 Å². The van der Waals surface area contributed by atoms with Crippen molar-refractivity contribution in [3.63, 3.8) is 0 Å². The molecule has 0 N–H and O–H groups in total. The monoisotopic (exact) mass is 201 g/mol. The van der Waals surface area contributed by atoms with E-state index in [0.29, 0.717) is 11.8 Å². The summed E-state index contributed by atoms with van der Waals surface area (Å²) in [6.45, 7) is 8.66. The number of nitriles is 1. The second kappa shape index (κ2) is 4.98. The molecule has 0 aromatic heterocycles. The van der Waals surface area contributed by atoms with Crippen LogP contribution in [0.5, 0.6) is 0 Å². The van der Waals surface area contributed by atoms with E-state index in [1.807, 2.05) is 13.0 Å². The van der Waals surface area contributed by atoms with Crippen molar-refractivity contribution in [2.45, 2.75) is 40.0 Å². The van der Waals surface area contributed by atoms with Crippen LogP contribution in [0.2, 0.25) is 0 Å². The minimum atomic E-state index is 0.472. The van der Waals surface area contributed by atoms with Crippen LogP contribution < -0.4 is 0 Å². The molecule has 0 spiro atoms. The second-order valence-electron chi connectivity index (χ2n) is 4.73. The van der Waals surface area contributed by atoms with Crippen LogP contribution in [0.3, 0.4) is 0 Å². The van der Waals surface area contributed by atoms with Gasteiger partial charge < -0.3 is 0 Å². The van der Waals surface area contributed by atoms with Gasteiger partial charge in [0.15, 0.2) is 0 Å². The van der Waals surface area contributed by atoms with Crippen LogP contribution in [-0.4, -0.2) is 0 Å². The highest BCUT2D eigenvalue weighted by Gasteiger charge is 2.11. The fourth-order valence-electron chi connectivity index (χ4n) is 2.03. The van der Waals surface area contributed by atoms with Crippen LogP contribution >= 0.6 is 0 Å². The van der Waals surface area contributed by atoms with E-state index in [1.54, 1.807) is 0 Å². The maximum Gasteiger partial charge on any atom is 0.0994 e. The maximum absolute atomic E-state index is 9.08. The van der Waals surface area contributed by atoms with Gasteiger partial charge in [-0.2, -0.15) is 5.26 Å². The molecule has 0 aliphatic carbocycles. The quantitative estimate of drug-likeness (QED) is 0.724. The smallest absolute Gasteiger partial charge is 0.0994 e. The molecule has 1 atom stereocenters. The van der Waals surface area contributed by atoms with Crippen molar-refractivity contribution in [1.29, 1.82) is 5.26 Å². The highest BCUT2D eigenvalue weighted by molar-refractivity contribution is 5.42. The van der Waals surface area contributed by atoms with E-state index in [2.05, 4.69) is 39.0 Å². The van der Waals surface area contributed by atoms with E-state index in [1.165, 1.54) is 5.56 Å². The molecule has 0 radical (unpaired) electrons. The molecule has 0 aliphatic heterocycles. The number of hydrogen-bond acceptors (Lipinski definition) is 1. The molecule has 1 heteroatoms. The molecule has 0 amide bonds. The third-order valence-corrected chi connectivity index (χ3v) is 2.69. The molecule has 0 fully saturated rings. The summed E-state index contributed by atoms with van der Waals surface area (Å²) >= 11 is 0. The Balaban J connectivity index is 2.99. The van der Waals surface area contributed by atoms with Crippen molar-refractivity contribution in [1.82, 2.24) is 0 Å². The van der Waals surface area contributed by atoms with E-state index in [-0.39, 0.29) is 0 Å². The number of nitrogens with zero attached hydrogens (tertiary/aromatic N) is 1. The molecule has 1 rings (SSSR count). The molecule has 0 saturated heterocycles. The van der Waals surface area contributed by atoms with E-state index in [9.17, 15) is 0 Å². The summed E-state index contributed by atoms with van der Waals surface area (Å²) in [5, 5.41) is 9.08. The molecule has 0 saturated carbocycles. The Hall–Kier alpha value is -1.29. The van der Waals surface area contributed by atoms with E-state index in [4.69, 9.17) is 5.26 Å². The van der Waals surface area contributed by atoms with E-state index >= 15 is 0 Å². The molecule has 1 nitrogen and oxygen atoms in total. The highest BCUT2D eigenvalue weighted by Crippen LogP contribution is 2.26. The van der Waals surface area contributed by atoms with Gasteiger partial charge in [-0.15, -0.1) is 0 Å². The summed E-state index contributed by atoms with van der Waals surface area (Å²) in [4.78, 5) is 0. The molecule has 80 valence electrons. The lowest BCUT2D eigenvalue weighted by Crippen LogP contribution is -2.01. The Labute approximate surface area is 92.7 Å². The van der Waals surface area contributed by atoms with E-state index in [0.717, 1.165) is 17.5 Å². The van der Waals surface area contributed by atoms with Crippen LogP contribution in [0.4, 0.5) is 0 Å². The summed E-state index contributed by atoms with van der Waals surface area (Å²) in [5.41, 5.74) is 3.19. The Morgan fingerprint density at radius 3 is 2.47 bits per heavy atom. The van der Waals surface area contributed by atoms with Gasteiger partial charge in [-0.3, -0.25) is 0 Å². The number of benzene rings is 1. The molecular formula is C14H19N. The van der Waals surface area contributed by atoms with Gasteiger partial charge in [0.05, 0.1) is 11.6 Å². The molecule has 1 aromatic rings. The third-order valence-electron chi connectivity index (χ3n) is 2.69. The molecule has 15 heavy (non-hydrogen) atoms. The van der Waals surface area contributed by atoms with Gasteiger partial charge in [0.25, 0.3) is 0 Å². The number of rotatable bonds is 3. The van der Waals surface area contributed by atoms with Gasteiger partial charge in [0, 0.05) is 0 Å². The van der Waals surface area contributed by atoms with Crippen molar-refractivity contribution in [2.75, 3.05) is 0 Å². The van der Waals surface area contributed by atoms with Crippen LogP contribution in [0, 0.1) is 24.2 Å². The van der Waals surface area contributed by atoms with Gasteiger partial charge >= 0.3 is 0 Å². The predicted octanol–water partition coefficient (Wildman–Crippen LogP) is 4.02. The SMILES string of the molecule is Cc1ccc(C(C)CC(C)C)c(C#N)c1. The first kappa shape index (κ1) is 11.8. The Bertz CT molecular complexity index is 371. The first-order valence-corrected chi connectivity index (χ1v) is 5.55. The Kier molecular flexibility index (Phi) is 3.91. The van der Waals surface area contributed by atoms with Crippen LogP contribution in [0.15, 0.2) is 18.2 Å². The third kappa shape index (κ3) is 3.09. The molecule has 1 aromatic carbocycles. The van der Waals surface area contributed by atoms with Crippen LogP contribution in [0.25, 0.3) is 0 Å². The molecule has 0 aliphatic rings. The predicted molar refractivity (Wildman–Crippen MR) is 63.8 cm³/mol. The van der Waals surface area contributed by atoms with Crippen molar-refractivity contribution < 1.29 is 0 Å². The highest BCUT2D eigenvalue weighted by atomic mass is 14.3. The van der Waals surface area contributed by atoms with Crippen molar-refractivity contribution >= 4 is 0 Å². The Morgan fingerprint density at radius 2 is 1.93 bits per heavy atom. The average Bonchev–Trinajstić information content (AvgIpc) is 2.16. The van der Waals surface area contributed by atoms with Crippen molar-refractivity contribution in [3.05, 3.63) is 34.9 Å². The minimum Gasteiger partial charge on any atom is -0.192 e. The van der Waals surface area contributed by atoms with Crippen molar-refractivity contribution in [2.24, 2.45) is 5.92 Å². The van der Waals surface area contributed by atoms with Gasteiger partial charge in [0.2, 0.25) is 0 Å². The summed E-state index contributed by atoms with van der Waals surface area (Å²) in [6.07, 6.45) is 1.14. The summed E-state index contributed by atoms with van der Waals surface area (Å²) in [5.74, 6) is 1.15. The zero-order chi connectivity index (χ0) is 11.4. The number of aryl methyl sites for hydroxylation is 1. The first-order chi connectivity index (χ1) is 7.04. The lowest BCUT2D eigenvalue weighted by molar-refractivity contribution is 0.523. The standard InChI is InChI=1S/C14H19N/c1-10(2)7-12(4)14-6-5-11(3)8-13(14)9-15/h5-6,8,10,12H,7H2,1-4H3. The summed E-state index contributed by atoms with van der Waals surface area (Å²) < 4.78 is 0. The van der Waals surface area contributed by atoms with Crippen molar-refractivity contribution in [3.8, 4) is 6.07 Å². The van der Waals surface area contributed by atoms with Gasteiger partial charge in [0.1, 0.15) is 0 Å². The first-order valence-electron chi connectivity index (χ1n) is 5.55. The Morgan fingerprint density at radius 1 is 1.27 bits per heavy atom. The maximum atomic E-state index is 9.08. The topological polar surface area (TPSA) is 23.8 Å². The molecule has 0 heterocycles. The zero-order valence-corrected chi connectivity index (χ0v) is 10.0. The molecule has 1 unspecified atom stereocenters.